The van der Waals surface area contributed by atoms with Crippen molar-refractivity contribution in [2.24, 2.45) is 0 Å². The second-order valence-corrected chi connectivity index (χ2v) is 6.61. The molecule has 4 rings (SSSR count). The number of thioether (sulfide) groups is 1. The average Bonchev–Trinajstić information content (AvgIpc) is 3.06. The van der Waals surface area contributed by atoms with Gasteiger partial charge >= 0.3 is 6.09 Å². The number of ether oxygens (including phenoxy) is 1. The Balaban J connectivity index is 1.60. The molecule has 2 aliphatic rings. The molecule has 0 atom stereocenters. The highest BCUT2D eigenvalue weighted by Crippen LogP contribution is 2.32. The number of cyclic esters (lactones) is 1. The molecule has 6 nitrogen and oxygen atoms in total. The standard InChI is InChI=1S/C17H18N4O2S/c1-24-16-6-5-15(18-19-16)20-8-7-13-12(11-20)3-2-4-14(13)21-9-10-23-17(21)22/h2-6H,7-11H2,1H3. The van der Waals surface area contributed by atoms with Crippen LogP contribution < -0.4 is 9.80 Å². The van der Waals surface area contributed by atoms with Gasteiger partial charge in [0.25, 0.3) is 0 Å². The molecule has 0 unspecified atom stereocenters. The van der Waals surface area contributed by atoms with E-state index in [0.29, 0.717) is 13.2 Å². The summed E-state index contributed by atoms with van der Waals surface area (Å²) in [7, 11) is 0. The minimum absolute atomic E-state index is 0.246. The van der Waals surface area contributed by atoms with E-state index in [1.54, 1.807) is 16.7 Å². The van der Waals surface area contributed by atoms with Gasteiger partial charge in [0, 0.05) is 13.1 Å². The van der Waals surface area contributed by atoms with E-state index in [4.69, 9.17) is 4.74 Å². The normalized spacial score (nSPS) is 17.0. The largest absolute Gasteiger partial charge is 0.447 e. The molecule has 0 N–H and O–H groups in total. The van der Waals surface area contributed by atoms with Gasteiger partial charge in [-0.15, -0.1) is 22.0 Å². The number of aromatic nitrogens is 2. The maximum Gasteiger partial charge on any atom is 0.414 e. The molecule has 1 saturated heterocycles. The zero-order chi connectivity index (χ0) is 16.5. The van der Waals surface area contributed by atoms with E-state index in [2.05, 4.69) is 21.2 Å². The van der Waals surface area contributed by atoms with Gasteiger partial charge < -0.3 is 9.64 Å². The van der Waals surface area contributed by atoms with Crippen molar-refractivity contribution in [3.8, 4) is 0 Å². The molecular weight excluding hydrogens is 324 g/mol. The van der Waals surface area contributed by atoms with Crippen LogP contribution in [-0.2, 0) is 17.7 Å². The minimum Gasteiger partial charge on any atom is -0.447 e. The van der Waals surface area contributed by atoms with Crippen molar-refractivity contribution in [2.75, 3.05) is 35.8 Å². The first-order valence-corrected chi connectivity index (χ1v) is 9.16. The first kappa shape index (κ1) is 15.3. The van der Waals surface area contributed by atoms with Crippen LogP contribution in [0.25, 0.3) is 0 Å². The van der Waals surface area contributed by atoms with E-state index in [-0.39, 0.29) is 6.09 Å². The Morgan fingerprint density at radius 2 is 2.08 bits per heavy atom. The summed E-state index contributed by atoms with van der Waals surface area (Å²) in [6.45, 7) is 2.73. The highest BCUT2D eigenvalue weighted by molar-refractivity contribution is 7.98. The van der Waals surface area contributed by atoms with Crippen LogP contribution in [0.1, 0.15) is 11.1 Å². The van der Waals surface area contributed by atoms with Crippen LogP contribution in [0.3, 0.4) is 0 Å². The maximum absolute atomic E-state index is 11.9. The van der Waals surface area contributed by atoms with Gasteiger partial charge in [0.15, 0.2) is 5.82 Å². The number of fused-ring (bicyclic) bond motifs is 1. The molecular formula is C17H18N4O2S. The molecule has 24 heavy (non-hydrogen) atoms. The molecule has 124 valence electrons. The van der Waals surface area contributed by atoms with Crippen LogP contribution >= 0.6 is 11.8 Å². The van der Waals surface area contributed by atoms with E-state index in [1.807, 2.05) is 30.5 Å². The molecule has 0 spiro atoms. The van der Waals surface area contributed by atoms with E-state index < -0.39 is 0 Å². The van der Waals surface area contributed by atoms with Crippen molar-refractivity contribution < 1.29 is 9.53 Å². The monoisotopic (exact) mass is 342 g/mol. The number of carbonyl (C=O) groups is 1. The Labute approximate surface area is 144 Å². The number of amides is 1. The van der Waals surface area contributed by atoms with Crippen LogP contribution in [0, 0.1) is 0 Å². The highest BCUT2D eigenvalue weighted by Gasteiger charge is 2.28. The summed E-state index contributed by atoms with van der Waals surface area (Å²) in [6, 6.07) is 10.2. The predicted octanol–water partition coefficient (Wildman–Crippen LogP) is 2.72. The molecule has 1 fully saturated rings. The molecule has 0 aliphatic carbocycles. The maximum atomic E-state index is 11.9. The van der Waals surface area contributed by atoms with Gasteiger partial charge in [0.2, 0.25) is 0 Å². The Morgan fingerprint density at radius 3 is 2.79 bits per heavy atom. The third-order valence-electron chi connectivity index (χ3n) is 4.45. The molecule has 1 aromatic carbocycles. The lowest BCUT2D eigenvalue weighted by Crippen LogP contribution is -2.33. The fraction of sp³-hybridized carbons (Fsp3) is 0.353. The van der Waals surface area contributed by atoms with Crippen molar-refractivity contribution in [1.29, 1.82) is 0 Å². The summed E-state index contributed by atoms with van der Waals surface area (Å²) in [5, 5.41) is 9.47. The van der Waals surface area contributed by atoms with Gasteiger partial charge in [-0.3, -0.25) is 4.90 Å². The summed E-state index contributed by atoms with van der Waals surface area (Å²) in [6.07, 6.45) is 2.62. The van der Waals surface area contributed by atoms with E-state index in [9.17, 15) is 4.79 Å². The van der Waals surface area contributed by atoms with Crippen LogP contribution in [0.2, 0.25) is 0 Å². The topological polar surface area (TPSA) is 58.6 Å². The fourth-order valence-corrected chi connectivity index (χ4v) is 3.57. The van der Waals surface area contributed by atoms with Crippen molar-refractivity contribution in [2.45, 2.75) is 18.0 Å². The molecule has 2 aliphatic heterocycles. The molecule has 0 bridgehead atoms. The highest BCUT2D eigenvalue weighted by atomic mass is 32.2. The SMILES string of the molecule is CSc1ccc(N2CCc3c(cccc3N3CCOC3=O)C2)nn1. The third kappa shape index (κ3) is 2.69. The van der Waals surface area contributed by atoms with Crippen LogP contribution in [-0.4, -0.2) is 42.2 Å². The lowest BCUT2D eigenvalue weighted by Gasteiger charge is -2.31. The third-order valence-corrected chi connectivity index (χ3v) is 5.09. The van der Waals surface area contributed by atoms with Crippen molar-refractivity contribution >= 4 is 29.4 Å². The van der Waals surface area contributed by atoms with E-state index >= 15 is 0 Å². The number of carbonyl (C=O) groups excluding carboxylic acids is 1. The zero-order valence-electron chi connectivity index (χ0n) is 13.4. The Bertz CT molecular complexity index is 766. The average molecular weight is 342 g/mol. The van der Waals surface area contributed by atoms with E-state index in [1.165, 1.54) is 11.1 Å². The van der Waals surface area contributed by atoms with Crippen LogP contribution in [0.15, 0.2) is 35.4 Å². The molecule has 0 radical (unpaired) electrons. The summed E-state index contributed by atoms with van der Waals surface area (Å²) in [5.74, 6) is 0.893. The molecule has 3 heterocycles. The number of anilines is 2. The first-order valence-electron chi connectivity index (χ1n) is 7.94. The number of rotatable bonds is 3. The molecule has 0 saturated carbocycles. The predicted molar refractivity (Wildman–Crippen MR) is 93.7 cm³/mol. The van der Waals surface area contributed by atoms with Crippen molar-refractivity contribution in [1.82, 2.24) is 10.2 Å². The smallest absolute Gasteiger partial charge is 0.414 e. The van der Waals surface area contributed by atoms with Crippen molar-refractivity contribution in [3.05, 3.63) is 41.5 Å². The van der Waals surface area contributed by atoms with Crippen LogP contribution in [0.4, 0.5) is 16.3 Å². The summed E-state index contributed by atoms with van der Waals surface area (Å²) < 4.78 is 5.08. The lowest BCUT2D eigenvalue weighted by molar-refractivity contribution is 0.181. The quantitative estimate of drug-likeness (QED) is 0.800. The van der Waals surface area contributed by atoms with Gasteiger partial charge in [0.1, 0.15) is 11.6 Å². The van der Waals surface area contributed by atoms with Gasteiger partial charge in [-0.1, -0.05) is 12.1 Å². The molecule has 2 aromatic rings. The number of benzene rings is 1. The molecule has 7 heteroatoms. The summed E-state index contributed by atoms with van der Waals surface area (Å²) in [4.78, 5) is 15.8. The van der Waals surface area contributed by atoms with Gasteiger partial charge in [-0.25, -0.2) is 4.79 Å². The Kier molecular flexibility index (Phi) is 4.02. The first-order chi connectivity index (χ1) is 11.8. The molecule has 1 amide bonds. The van der Waals surface area contributed by atoms with E-state index in [0.717, 1.165) is 36.0 Å². The minimum atomic E-state index is -0.246. The van der Waals surface area contributed by atoms with Crippen molar-refractivity contribution in [3.63, 3.8) is 0 Å². The summed E-state index contributed by atoms with van der Waals surface area (Å²) >= 11 is 1.59. The second-order valence-electron chi connectivity index (χ2n) is 5.79. The fourth-order valence-electron chi connectivity index (χ4n) is 3.24. The van der Waals surface area contributed by atoms with Gasteiger partial charge in [-0.2, -0.15) is 0 Å². The Morgan fingerprint density at radius 1 is 1.17 bits per heavy atom. The van der Waals surface area contributed by atoms with Gasteiger partial charge in [0.05, 0.1) is 12.2 Å². The Hall–Kier alpha value is -2.28. The van der Waals surface area contributed by atoms with Crippen LogP contribution in [0.5, 0.6) is 0 Å². The summed E-state index contributed by atoms with van der Waals surface area (Å²) in [5.41, 5.74) is 3.45. The van der Waals surface area contributed by atoms with Gasteiger partial charge in [-0.05, 0) is 42.0 Å². The second kappa shape index (κ2) is 6.32. The zero-order valence-corrected chi connectivity index (χ0v) is 14.3. The number of hydrogen-bond donors (Lipinski definition) is 0. The molecule has 1 aromatic heterocycles. The lowest BCUT2D eigenvalue weighted by atomic mass is 9.97. The number of nitrogens with zero attached hydrogens (tertiary/aromatic N) is 4. The number of hydrogen-bond acceptors (Lipinski definition) is 6.